The molecule has 7 heteroatoms. The van der Waals surface area contributed by atoms with Crippen LogP contribution in [0.2, 0.25) is 0 Å². The number of imidazole rings is 1. The van der Waals surface area contributed by atoms with Crippen LogP contribution in [-0.4, -0.2) is 18.7 Å². The van der Waals surface area contributed by atoms with Gasteiger partial charge in [0.1, 0.15) is 5.82 Å². The molecule has 0 aliphatic rings. The monoisotopic (exact) mass is 1100 g/mol. The molecule has 4 heterocycles. The zero-order valence-corrected chi connectivity index (χ0v) is 40.7. The Morgan fingerprint density at radius 1 is 0.563 bits per heavy atom. The van der Waals surface area contributed by atoms with E-state index in [2.05, 4.69) is 62.0 Å². The van der Waals surface area contributed by atoms with E-state index < -0.39 is 48.3 Å². The largest absolute Gasteiger partial charge is 0.510 e. The van der Waals surface area contributed by atoms with Crippen molar-refractivity contribution in [1.29, 1.82) is 0 Å². The minimum atomic E-state index is -0.539. The van der Waals surface area contributed by atoms with Crippen LogP contribution in [0.4, 0.5) is 0 Å². The fourth-order valence-corrected chi connectivity index (χ4v) is 9.72. The van der Waals surface area contributed by atoms with Gasteiger partial charge in [-0.25, -0.2) is 4.98 Å². The first-order chi connectivity index (χ1) is 38.5. The quantitative estimate of drug-likeness (QED) is 0.112. The van der Waals surface area contributed by atoms with Crippen LogP contribution in [0.3, 0.4) is 0 Å². The van der Waals surface area contributed by atoms with Crippen molar-refractivity contribution in [2.75, 3.05) is 0 Å². The summed E-state index contributed by atoms with van der Waals surface area (Å²) in [5.74, 6) is 1.60. The Morgan fingerprint density at radius 2 is 1.18 bits per heavy atom. The Labute approximate surface area is 440 Å². The molecule has 0 radical (unpaired) electrons. The molecule has 71 heavy (non-hydrogen) atoms. The standard InChI is InChI=1S/C64H45N5O.Pt/c1-64(2,3)45-37-38-65-61(39-45)68-55-30-12-10-25-51(55)53-36-35-48(41-60(53)68)70-47-24-16-23-46(40-47)66-42-67(58-33-15-14-32-57(58)66)63-50(44-21-8-5-9-22-44)28-18-34-59(63)69-56-31-13-11-26-52(56)54-29-17-27-49(62(54)69)43-19-6-4-7-20-43;/h4-39H,1-3H3;/q-2;/i4D,5D,6D,7D,8D,9D,19D,20D,21D,22D;. The SMILES string of the molecule is [2H]c1c([2H])c([2H])c(-c2cccc(-n3c4ccccc4c4cccc(-c5c([2H])c([2H])c([2H])c([2H])c5[2H])c43)c2-[n+]2[c-]n(-c3[c-]c(Oc4[c-]c5c(cc4)c4ccccc4n5-c4cc(C(C)(C)C)ccn4)ccc3)c3ccccc32)c([2H])c1[2H].[Pt]. The van der Waals surface area contributed by atoms with Gasteiger partial charge < -0.3 is 18.4 Å². The Kier molecular flexibility index (Phi) is 8.43. The number of aromatic nitrogens is 5. The van der Waals surface area contributed by atoms with Crippen LogP contribution in [0.5, 0.6) is 11.5 Å². The number of rotatable bonds is 8. The summed E-state index contributed by atoms with van der Waals surface area (Å²) >= 11 is 0. The number of fused-ring (bicyclic) bond motifs is 7. The van der Waals surface area contributed by atoms with E-state index in [1.807, 2.05) is 125 Å². The average molecular weight is 1110 g/mol. The second-order valence-electron chi connectivity index (χ2n) is 18.1. The molecule has 6 nitrogen and oxygen atoms in total. The van der Waals surface area contributed by atoms with E-state index in [1.165, 1.54) is 0 Å². The van der Waals surface area contributed by atoms with Gasteiger partial charge in [-0.05, 0) is 69.1 Å². The molecule has 0 fully saturated rings. The number of para-hydroxylation sites is 6. The molecule has 0 amide bonds. The van der Waals surface area contributed by atoms with Crippen molar-refractivity contribution in [2.24, 2.45) is 0 Å². The summed E-state index contributed by atoms with van der Waals surface area (Å²) in [6.07, 6.45) is 5.44. The van der Waals surface area contributed by atoms with E-state index >= 15 is 0 Å². The molecule has 13 rings (SSSR count). The van der Waals surface area contributed by atoms with Crippen molar-refractivity contribution in [3.8, 4) is 56.6 Å². The molecule has 0 atom stereocenters. The Hall–Kier alpha value is -8.31. The van der Waals surface area contributed by atoms with Crippen molar-refractivity contribution in [2.45, 2.75) is 26.2 Å². The molecule has 0 bridgehead atoms. The average Bonchev–Trinajstić information content (AvgIpc) is 4.33. The summed E-state index contributed by atoms with van der Waals surface area (Å²) in [6, 6.07) is 50.3. The summed E-state index contributed by atoms with van der Waals surface area (Å²) in [6.45, 7) is 6.53. The smallest absolute Gasteiger partial charge is 0.268 e. The molecule has 0 unspecified atom stereocenters. The topological polar surface area (TPSA) is 40.8 Å². The van der Waals surface area contributed by atoms with Gasteiger partial charge in [-0.1, -0.05) is 178 Å². The molecule has 13 aromatic rings. The molecular formula is C64H45N5OPt-2. The second-order valence-corrected chi connectivity index (χ2v) is 18.1. The van der Waals surface area contributed by atoms with Gasteiger partial charge in [0, 0.05) is 60.6 Å². The fraction of sp³-hybridized carbons (Fsp3) is 0.0625. The maximum Gasteiger partial charge on any atom is 0.268 e. The number of ether oxygens (including phenoxy) is 1. The number of nitrogens with zero attached hydrogens (tertiary/aromatic N) is 5. The van der Waals surface area contributed by atoms with Crippen LogP contribution in [0.15, 0.2) is 218 Å². The van der Waals surface area contributed by atoms with Gasteiger partial charge in [0.05, 0.1) is 47.1 Å². The van der Waals surface area contributed by atoms with Crippen LogP contribution in [0.1, 0.15) is 40.0 Å². The number of hydrogen-bond acceptors (Lipinski definition) is 2. The summed E-state index contributed by atoms with van der Waals surface area (Å²) in [7, 11) is 0. The van der Waals surface area contributed by atoms with Crippen molar-refractivity contribution in [1.82, 2.24) is 18.7 Å². The van der Waals surface area contributed by atoms with Gasteiger partial charge in [0.2, 0.25) is 0 Å². The molecule has 0 aliphatic heterocycles. The van der Waals surface area contributed by atoms with E-state index in [4.69, 9.17) is 20.7 Å². The molecular weight excluding hydrogens is 1050 g/mol. The predicted molar refractivity (Wildman–Crippen MR) is 284 cm³/mol. The molecule has 0 saturated heterocycles. The van der Waals surface area contributed by atoms with E-state index in [1.54, 1.807) is 28.8 Å². The normalized spacial score (nSPS) is 13.7. The molecule has 0 N–H and O–H groups in total. The van der Waals surface area contributed by atoms with Gasteiger partial charge in [-0.2, -0.15) is 18.2 Å². The number of benzene rings is 9. The first-order valence-electron chi connectivity index (χ1n) is 27.9. The molecule has 4 aromatic heterocycles. The third kappa shape index (κ3) is 7.46. The molecule has 0 spiro atoms. The van der Waals surface area contributed by atoms with Crippen LogP contribution >= 0.6 is 0 Å². The molecule has 9 aromatic carbocycles. The van der Waals surface area contributed by atoms with Gasteiger partial charge in [0.25, 0.3) is 6.33 Å². The van der Waals surface area contributed by atoms with Gasteiger partial charge in [-0.15, -0.1) is 29.7 Å². The third-order valence-corrected chi connectivity index (χ3v) is 12.9. The van der Waals surface area contributed by atoms with Crippen molar-refractivity contribution >= 4 is 54.6 Å². The third-order valence-electron chi connectivity index (χ3n) is 12.9. The van der Waals surface area contributed by atoms with Crippen LogP contribution in [-0.2, 0) is 26.5 Å². The minimum absolute atomic E-state index is 0. The van der Waals surface area contributed by atoms with Gasteiger partial charge in [0.15, 0.2) is 0 Å². The molecule has 0 saturated carbocycles. The van der Waals surface area contributed by atoms with Crippen LogP contribution in [0.25, 0.3) is 99.8 Å². The summed E-state index contributed by atoms with van der Waals surface area (Å²) in [5.41, 5.74) is 7.28. The maximum absolute atomic E-state index is 9.35. The molecule has 0 aliphatic carbocycles. The van der Waals surface area contributed by atoms with Crippen molar-refractivity contribution in [3.05, 3.63) is 242 Å². The van der Waals surface area contributed by atoms with E-state index in [0.29, 0.717) is 56.2 Å². The first kappa shape index (κ1) is 34.1. The summed E-state index contributed by atoms with van der Waals surface area (Å²) < 4.78 is 103. The van der Waals surface area contributed by atoms with Crippen molar-refractivity contribution in [3.63, 3.8) is 0 Å². The fourth-order valence-electron chi connectivity index (χ4n) is 9.72. The number of pyridine rings is 1. The van der Waals surface area contributed by atoms with Crippen molar-refractivity contribution < 1.29 is 44.1 Å². The van der Waals surface area contributed by atoms with Crippen LogP contribution in [0, 0.1) is 18.5 Å². The van der Waals surface area contributed by atoms with Gasteiger partial charge >= 0.3 is 0 Å². The van der Waals surface area contributed by atoms with E-state index in [9.17, 15) is 2.74 Å². The maximum atomic E-state index is 9.35. The van der Waals surface area contributed by atoms with E-state index in [0.717, 1.165) is 44.0 Å². The van der Waals surface area contributed by atoms with E-state index in [-0.39, 0.29) is 55.3 Å². The minimum Gasteiger partial charge on any atom is -0.510 e. The number of hydrogen-bond donors (Lipinski definition) is 0. The zero-order valence-electron chi connectivity index (χ0n) is 48.5. The molecule has 344 valence electrons. The van der Waals surface area contributed by atoms with Gasteiger partial charge in [-0.3, -0.25) is 4.57 Å². The Morgan fingerprint density at radius 3 is 1.94 bits per heavy atom. The predicted octanol–water partition coefficient (Wildman–Crippen LogP) is 15.3. The Bertz CT molecular complexity index is 4710. The Balaban J connectivity index is 0.00000651. The zero-order chi connectivity index (χ0) is 55.6. The summed E-state index contributed by atoms with van der Waals surface area (Å²) in [5, 5.41) is 3.55. The summed E-state index contributed by atoms with van der Waals surface area (Å²) in [4.78, 5) is 4.83. The van der Waals surface area contributed by atoms with Crippen LogP contribution < -0.4 is 9.30 Å². The first-order valence-corrected chi connectivity index (χ1v) is 22.9. The second kappa shape index (κ2) is 17.6.